The van der Waals surface area contributed by atoms with Crippen LogP contribution in [-0.2, 0) is 4.79 Å². The number of amides is 1. The highest BCUT2D eigenvalue weighted by molar-refractivity contribution is 7.10. The SMILES string of the molecule is Cc1ccccc1NC(=O)/C(C#N)=C\c1cccs1. The first-order valence-electron chi connectivity index (χ1n) is 5.73. The van der Waals surface area contributed by atoms with Gasteiger partial charge in [-0.3, -0.25) is 4.79 Å². The molecule has 1 aromatic carbocycles. The summed E-state index contributed by atoms with van der Waals surface area (Å²) in [6.07, 6.45) is 1.60. The molecule has 1 N–H and O–H groups in total. The van der Waals surface area contributed by atoms with Crippen molar-refractivity contribution >= 4 is 29.0 Å². The zero-order chi connectivity index (χ0) is 13.7. The van der Waals surface area contributed by atoms with Gasteiger partial charge in [-0.25, -0.2) is 0 Å². The first-order valence-corrected chi connectivity index (χ1v) is 6.61. The third-order valence-corrected chi connectivity index (χ3v) is 3.41. The summed E-state index contributed by atoms with van der Waals surface area (Å²) in [4.78, 5) is 12.9. The number of anilines is 1. The molecule has 2 aromatic rings. The summed E-state index contributed by atoms with van der Waals surface area (Å²) in [6, 6.07) is 13.1. The van der Waals surface area contributed by atoms with Crippen molar-refractivity contribution in [3.05, 3.63) is 57.8 Å². The summed E-state index contributed by atoms with van der Waals surface area (Å²) in [5, 5.41) is 13.7. The molecule has 0 radical (unpaired) electrons. The fourth-order valence-electron chi connectivity index (χ4n) is 1.57. The molecule has 3 nitrogen and oxygen atoms in total. The lowest BCUT2D eigenvalue weighted by molar-refractivity contribution is -0.112. The third-order valence-electron chi connectivity index (χ3n) is 2.59. The molecule has 0 unspecified atom stereocenters. The van der Waals surface area contributed by atoms with E-state index in [1.54, 1.807) is 6.08 Å². The minimum Gasteiger partial charge on any atom is -0.321 e. The van der Waals surface area contributed by atoms with Gasteiger partial charge < -0.3 is 5.32 Å². The lowest BCUT2D eigenvalue weighted by atomic mass is 10.2. The smallest absolute Gasteiger partial charge is 0.266 e. The standard InChI is InChI=1S/C15H12N2OS/c1-11-5-2-3-7-14(11)17-15(18)12(10-16)9-13-6-4-8-19-13/h2-9H,1H3,(H,17,18)/b12-9-. The highest BCUT2D eigenvalue weighted by Gasteiger charge is 2.10. The number of benzene rings is 1. The number of thiophene rings is 1. The van der Waals surface area contributed by atoms with Crippen molar-refractivity contribution < 1.29 is 4.79 Å². The number of nitriles is 1. The second-order valence-electron chi connectivity index (χ2n) is 3.95. The van der Waals surface area contributed by atoms with Crippen LogP contribution in [0.3, 0.4) is 0 Å². The summed E-state index contributed by atoms with van der Waals surface area (Å²) in [5.41, 5.74) is 1.79. The minimum absolute atomic E-state index is 0.103. The van der Waals surface area contributed by atoms with Crippen molar-refractivity contribution in [2.75, 3.05) is 5.32 Å². The number of nitrogens with one attached hydrogen (secondary N) is 1. The number of nitrogens with zero attached hydrogens (tertiary/aromatic N) is 1. The predicted molar refractivity (Wildman–Crippen MR) is 77.7 cm³/mol. The molecule has 2 rings (SSSR count). The van der Waals surface area contributed by atoms with Gasteiger partial charge in [-0.2, -0.15) is 5.26 Å². The van der Waals surface area contributed by atoms with E-state index in [9.17, 15) is 4.79 Å². The van der Waals surface area contributed by atoms with Gasteiger partial charge in [0, 0.05) is 10.6 Å². The molecule has 0 saturated carbocycles. The van der Waals surface area contributed by atoms with Crippen molar-refractivity contribution in [1.29, 1.82) is 5.26 Å². The lowest BCUT2D eigenvalue weighted by Crippen LogP contribution is -2.14. The molecule has 0 aliphatic rings. The summed E-state index contributed by atoms with van der Waals surface area (Å²) in [6.45, 7) is 1.91. The molecule has 0 aliphatic heterocycles. The van der Waals surface area contributed by atoms with Crippen LogP contribution in [0.25, 0.3) is 6.08 Å². The number of carbonyl (C=O) groups is 1. The van der Waals surface area contributed by atoms with Crippen LogP contribution in [0.2, 0.25) is 0 Å². The van der Waals surface area contributed by atoms with Crippen molar-refractivity contribution in [1.82, 2.24) is 0 Å². The van der Waals surface area contributed by atoms with Crippen molar-refractivity contribution in [2.24, 2.45) is 0 Å². The Hall–Kier alpha value is -2.38. The maximum Gasteiger partial charge on any atom is 0.266 e. The number of aryl methyl sites for hydroxylation is 1. The van der Waals surface area contributed by atoms with E-state index in [1.165, 1.54) is 11.3 Å². The van der Waals surface area contributed by atoms with E-state index in [-0.39, 0.29) is 11.5 Å². The zero-order valence-corrected chi connectivity index (χ0v) is 11.2. The molecule has 1 amide bonds. The van der Waals surface area contributed by atoms with Crippen LogP contribution in [0.15, 0.2) is 47.4 Å². The van der Waals surface area contributed by atoms with Crippen LogP contribution in [0.1, 0.15) is 10.4 Å². The third kappa shape index (κ3) is 3.30. The Morgan fingerprint density at radius 3 is 2.74 bits per heavy atom. The number of rotatable bonds is 3. The van der Waals surface area contributed by atoms with Gasteiger partial charge in [0.05, 0.1) is 0 Å². The van der Waals surface area contributed by atoms with Gasteiger partial charge >= 0.3 is 0 Å². The molecule has 4 heteroatoms. The Kier molecular flexibility index (Phi) is 4.11. The molecule has 1 aromatic heterocycles. The molecule has 0 saturated heterocycles. The van der Waals surface area contributed by atoms with Gasteiger partial charge in [0.25, 0.3) is 5.91 Å². The lowest BCUT2D eigenvalue weighted by Gasteiger charge is -2.06. The quantitative estimate of drug-likeness (QED) is 0.683. The second kappa shape index (κ2) is 5.98. The Bertz CT molecular complexity index is 651. The Labute approximate surface area is 115 Å². The van der Waals surface area contributed by atoms with Crippen LogP contribution >= 0.6 is 11.3 Å². The Morgan fingerprint density at radius 1 is 1.32 bits per heavy atom. The van der Waals surface area contributed by atoms with E-state index < -0.39 is 0 Å². The average Bonchev–Trinajstić information content (AvgIpc) is 2.91. The predicted octanol–water partition coefficient (Wildman–Crippen LogP) is 3.60. The van der Waals surface area contributed by atoms with Crippen molar-refractivity contribution in [2.45, 2.75) is 6.92 Å². The largest absolute Gasteiger partial charge is 0.321 e. The van der Waals surface area contributed by atoms with Crippen LogP contribution < -0.4 is 5.32 Å². The van der Waals surface area contributed by atoms with Crippen LogP contribution in [0.4, 0.5) is 5.69 Å². The van der Waals surface area contributed by atoms with Crippen LogP contribution in [0.5, 0.6) is 0 Å². The van der Waals surface area contributed by atoms with Crippen LogP contribution in [0, 0.1) is 18.3 Å². The average molecular weight is 268 g/mol. The summed E-state index contributed by atoms with van der Waals surface area (Å²) in [7, 11) is 0. The number of hydrogen-bond acceptors (Lipinski definition) is 3. The molecule has 0 spiro atoms. The molecule has 0 fully saturated rings. The van der Waals surface area contributed by atoms with E-state index in [0.29, 0.717) is 0 Å². The van der Waals surface area contributed by atoms with Crippen LogP contribution in [-0.4, -0.2) is 5.91 Å². The highest BCUT2D eigenvalue weighted by Crippen LogP contribution is 2.17. The Balaban J connectivity index is 2.19. The summed E-state index contributed by atoms with van der Waals surface area (Å²) >= 11 is 1.49. The van der Waals surface area contributed by atoms with Gasteiger partial charge in [-0.15, -0.1) is 11.3 Å². The zero-order valence-electron chi connectivity index (χ0n) is 10.4. The van der Waals surface area contributed by atoms with Gasteiger partial charge in [0.15, 0.2) is 0 Å². The van der Waals surface area contributed by atoms with E-state index in [4.69, 9.17) is 5.26 Å². The van der Waals surface area contributed by atoms with E-state index >= 15 is 0 Å². The number of carbonyl (C=O) groups excluding carboxylic acids is 1. The minimum atomic E-state index is -0.384. The second-order valence-corrected chi connectivity index (χ2v) is 4.93. The fourth-order valence-corrected chi connectivity index (χ4v) is 2.22. The molecule has 0 bridgehead atoms. The molecule has 19 heavy (non-hydrogen) atoms. The first-order chi connectivity index (χ1) is 9.20. The normalized spacial score (nSPS) is 10.8. The first kappa shape index (κ1) is 13.1. The summed E-state index contributed by atoms with van der Waals surface area (Å²) in [5.74, 6) is -0.384. The van der Waals surface area contributed by atoms with E-state index in [0.717, 1.165) is 16.1 Å². The molecular formula is C15H12N2OS. The topological polar surface area (TPSA) is 52.9 Å². The highest BCUT2D eigenvalue weighted by atomic mass is 32.1. The maximum atomic E-state index is 12.0. The molecule has 94 valence electrons. The van der Waals surface area contributed by atoms with Gasteiger partial charge in [0.1, 0.15) is 11.6 Å². The van der Waals surface area contributed by atoms with Gasteiger partial charge in [-0.05, 0) is 36.1 Å². The van der Waals surface area contributed by atoms with Crippen molar-refractivity contribution in [3.8, 4) is 6.07 Å². The van der Waals surface area contributed by atoms with E-state index in [1.807, 2.05) is 54.8 Å². The maximum absolute atomic E-state index is 12.0. The fraction of sp³-hybridized carbons (Fsp3) is 0.0667. The summed E-state index contributed by atoms with van der Waals surface area (Å²) < 4.78 is 0. The molecular weight excluding hydrogens is 256 g/mol. The van der Waals surface area contributed by atoms with E-state index in [2.05, 4.69) is 5.32 Å². The monoisotopic (exact) mass is 268 g/mol. The molecule has 1 heterocycles. The van der Waals surface area contributed by atoms with Gasteiger partial charge in [0.2, 0.25) is 0 Å². The van der Waals surface area contributed by atoms with Crippen molar-refractivity contribution in [3.63, 3.8) is 0 Å². The molecule has 0 aliphatic carbocycles. The van der Waals surface area contributed by atoms with Gasteiger partial charge in [-0.1, -0.05) is 24.3 Å². The number of hydrogen-bond donors (Lipinski definition) is 1. The Morgan fingerprint density at radius 2 is 2.11 bits per heavy atom. The number of para-hydroxylation sites is 1. The molecule has 0 atom stereocenters.